The minimum Gasteiger partial charge on any atom is -0.322 e. The minimum absolute atomic E-state index is 0.148. The molecule has 0 unspecified atom stereocenters. The molecule has 3 rings (SSSR count). The highest BCUT2D eigenvalue weighted by Gasteiger charge is 2.28. The number of likely N-dealkylation sites (tertiary alicyclic amines) is 1. The first kappa shape index (κ1) is 17.1. The number of amides is 3. The summed E-state index contributed by atoms with van der Waals surface area (Å²) in [6.07, 6.45) is 0.496. The standard InChI is InChI=1S/C18H14ClFN2O3/c19-12-3-6-15(20)14(9-12)18(25)21-13-4-1-11(2-5-13)10-22-16(23)7-8-17(22)24/h1-6,9H,7-8,10H2,(H,21,25). The van der Waals surface area contributed by atoms with Crippen LogP contribution in [-0.2, 0) is 16.1 Å². The summed E-state index contributed by atoms with van der Waals surface area (Å²) < 4.78 is 13.7. The Bertz CT molecular complexity index is 836. The molecule has 1 N–H and O–H groups in total. The third-order valence-corrected chi connectivity index (χ3v) is 4.12. The topological polar surface area (TPSA) is 66.5 Å². The van der Waals surface area contributed by atoms with Gasteiger partial charge in [0, 0.05) is 23.6 Å². The highest BCUT2D eigenvalue weighted by Crippen LogP contribution is 2.19. The lowest BCUT2D eigenvalue weighted by molar-refractivity contribution is -0.139. The molecule has 0 aliphatic carbocycles. The van der Waals surface area contributed by atoms with Gasteiger partial charge < -0.3 is 5.32 Å². The lowest BCUT2D eigenvalue weighted by atomic mass is 10.1. The molecule has 1 aliphatic heterocycles. The summed E-state index contributed by atoms with van der Waals surface area (Å²) in [5.41, 5.74) is 1.08. The molecule has 0 bridgehead atoms. The molecule has 0 atom stereocenters. The van der Waals surface area contributed by atoms with Gasteiger partial charge in [0.25, 0.3) is 5.91 Å². The van der Waals surface area contributed by atoms with Crippen LogP contribution in [0.2, 0.25) is 5.02 Å². The van der Waals surface area contributed by atoms with Crippen LogP contribution in [0.25, 0.3) is 0 Å². The van der Waals surface area contributed by atoms with Gasteiger partial charge in [-0.25, -0.2) is 4.39 Å². The van der Waals surface area contributed by atoms with Crippen LogP contribution in [0.4, 0.5) is 10.1 Å². The summed E-state index contributed by atoms with van der Waals surface area (Å²) >= 11 is 5.78. The summed E-state index contributed by atoms with van der Waals surface area (Å²) in [7, 11) is 0. The predicted octanol–water partition coefficient (Wildman–Crippen LogP) is 3.38. The first-order valence-electron chi connectivity index (χ1n) is 7.62. The molecule has 0 spiro atoms. The fraction of sp³-hybridized carbons (Fsp3) is 0.167. The molecule has 7 heteroatoms. The Hall–Kier alpha value is -2.73. The summed E-state index contributed by atoms with van der Waals surface area (Å²) in [6.45, 7) is 0.203. The molecule has 1 fully saturated rings. The Kier molecular flexibility index (Phi) is 4.81. The van der Waals surface area contributed by atoms with Crippen molar-refractivity contribution in [2.75, 3.05) is 5.32 Å². The summed E-state index contributed by atoms with van der Waals surface area (Å²) in [5.74, 6) is -1.64. The van der Waals surface area contributed by atoms with Crippen molar-refractivity contribution in [1.82, 2.24) is 4.90 Å². The summed E-state index contributed by atoms with van der Waals surface area (Å²) in [5, 5.41) is 2.85. The second-order valence-corrected chi connectivity index (χ2v) is 6.09. The Balaban J connectivity index is 1.68. The normalized spacial score (nSPS) is 14.1. The number of rotatable bonds is 4. The number of carbonyl (C=O) groups is 3. The molecule has 1 saturated heterocycles. The lowest BCUT2D eigenvalue weighted by Gasteiger charge is -2.14. The molecular formula is C18H14ClFN2O3. The number of nitrogens with one attached hydrogen (secondary N) is 1. The average Bonchev–Trinajstić information content (AvgIpc) is 2.90. The molecule has 0 aromatic heterocycles. The van der Waals surface area contributed by atoms with E-state index in [1.54, 1.807) is 24.3 Å². The van der Waals surface area contributed by atoms with E-state index < -0.39 is 11.7 Å². The van der Waals surface area contributed by atoms with Gasteiger partial charge in [-0.1, -0.05) is 23.7 Å². The number of hydrogen-bond acceptors (Lipinski definition) is 3. The number of halogens is 2. The molecule has 2 aromatic carbocycles. The number of carbonyl (C=O) groups excluding carboxylic acids is 3. The molecule has 3 amide bonds. The number of nitrogens with zero attached hydrogens (tertiary/aromatic N) is 1. The second-order valence-electron chi connectivity index (χ2n) is 5.65. The summed E-state index contributed by atoms with van der Waals surface area (Å²) in [6, 6.07) is 10.4. The van der Waals surface area contributed by atoms with E-state index in [9.17, 15) is 18.8 Å². The van der Waals surface area contributed by atoms with Crippen molar-refractivity contribution in [2.45, 2.75) is 19.4 Å². The number of anilines is 1. The zero-order valence-corrected chi connectivity index (χ0v) is 13.8. The number of imide groups is 1. The van der Waals surface area contributed by atoms with Crippen LogP contribution in [-0.4, -0.2) is 22.6 Å². The van der Waals surface area contributed by atoms with Crippen molar-refractivity contribution in [3.63, 3.8) is 0 Å². The minimum atomic E-state index is -0.662. The van der Waals surface area contributed by atoms with Crippen molar-refractivity contribution in [2.24, 2.45) is 0 Å². The van der Waals surface area contributed by atoms with Gasteiger partial charge in [0.2, 0.25) is 11.8 Å². The van der Waals surface area contributed by atoms with Crippen molar-refractivity contribution in [3.05, 3.63) is 64.4 Å². The van der Waals surface area contributed by atoms with Crippen LogP contribution in [0.3, 0.4) is 0 Å². The highest BCUT2D eigenvalue weighted by atomic mass is 35.5. The Morgan fingerprint density at radius 2 is 1.72 bits per heavy atom. The van der Waals surface area contributed by atoms with Gasteiger partial charge >= 0.3 is 0 Å². The van der Waals surface area contributed by atoms with Crippen molar-refractivity contribution < 1.29 is 18.8 Å². The maximum absolute atomic E-state index is 13.7. The quantitative estimate of drug-likeness (QED) is 0.850. The molecule has 0 saturated carbocycles. The molecule has 1 heterocycles. The van der Waals surface area contributed by atoms with Crippen LogP contribution in [0.5, 0.6) is 0 Å². The van der Waals surface area contributed by atoms with Crippen LogP contribution in [0.15, 0.2) is 42.5 Å². The molecule has 5 nitrogen and oxygen atoms in total. The second kappa shape index (κ2) is 7.03. The molecule has 0 radical (unpaired) electrons. The first-order valence-corrected chi connectivity index (χ1v) is 8.00. The Labute approximate surface area is 148 Å². The van der Waals surface area contributed by atoms with Gasteiger partial charge in [0.1, 0.15) is 5.82 Å². The van der Waals surface area contributed by atoms with Crippen LogP contribution in [0.1, 0.15) is 28.8 Å². The monoisotopic (exact) mass is 360 g/mol. The van der Waals surface area contributed by atoms with E-state index in [1.807, 2.05) is 0 Å². The van der Waals surface area contributed by atoms with Crippen LogP contribution in [0, 0.1) is 5.82 Å². The molecule has 25 heavy (non-hydrogen) atoms. The van der Waals surface area contributed by atoms with E-state index in [2.05, 4.69) is 5.32 Å². The maximum Gasteiger partial charge on any atom is 0.258 e. The number of hydrogen-bond donors (Lipinski definition) is 1. The van der Waals surface area contributed by atoms with E-state index in [-0.39, 0.29) is 41.8 Å². The Morgan fingerprint density at radius 1 is 1.08 bits per heavy atom. The van der Waals surface area contributed by atoms with Crippen LogP contribution >= 0.6 is 11.6 Å². The van der Waals surface area contributed by atoms with Crippen molar-refractivity contribution >= 4 is 35.0 Å². The lowest BCUT2D eigenvalue weighted by Crippen LogP contribution is -2.28. The van der Waals surface area contributed by atoms with Crippen molar-refractivity contribution in [3.8, 4) is 0 Å². The van der Waals surface area contributed by atoms with Gasteiger partial charge in [0.05, 0.1) is 12.1 Å². The molecular weight excluding hydrogens is 347 g/mol. The Morgan fingerprint density at radius 3 is 2.36 bits per heavy atom. The number of benzene rings is 2. The van der Waals surface area contributed by atoms with Gasteiger partial charge in [-0.15, -0.1) is 0 Å². The van der Waals surface area contributed by atoms with E-state index in [4.69, 9.17) is 11.6 Å². The molecule has 2 aromatic rings. The largest absolute Gasteiger partial charge is 0.322 e. The molecule has 1 aliphatic rings. The van der Waals surface area contributed by atoms with Gasteiger partial charge in [0.15, 0.2) is 0 Å². The summed E-state index contributed by atoms with van der Waals surface area (Å²) in [4.78, 5) is 36.6. The fourth-order valence-corrected chi connectivity index (χ4v) is 2.72. The van der Waals surface area contributed by atoms with Crippen molar-refractivity contribution in [1.29, 1.82) is 0 Å². The zero-order chi connectivity index (χ0) is 18.0. The SMILES string of the molecule is O=C(Nc1ccc(CN2C(=O)CCC2=O)cc1)c1cc(Cl)ccc1F. The third-order valence-electron chi connectivity index (χ3n) is 3.88. The predicted molar refractivity (Wildman–Crippen MR) is 90.6 cm³/mol. The van der Waals surface area contributed by atoms with E-state index in [0.29, 0.717) is 5.69 Å². The first-order chi connectivity index (χ1) is 11.9. The van der Waals surface area contributed by atoms with Gasteiger partial charge in [-0.2, -0.15) is 0 Å². The van der Waals surface area contributed by atoms with E-state index >= 15 is 0 Å². The van der Waals surface area contributed by atoms with Crippen LogP contribution < -0.4 is 5.32 Å². The van der Waals surface area contributed by atoms with E-state index in [0.717, 1.165) is 11.6 Å². The maximum atomic E-state index is 13.7. The zero-order valence-electron chi connectivity index (χ0n) is 13.1. The average molecular weight is 361 g/mol. The van der Waals surface area contributed by atoms with E-state index in [1.165, 1.54) is 17.0 Å². The van der Waals surface area contributed by atoms with Gasteiger partial charge in [-0.3, -0.25) is 19.3 Å². The molecule has 128 valence electrons. The third kappa shape index (κ3) is 3.85. The fourth-order valence-electron chi connectivity index (χ4n) is 2.55. The van der Waals surface area contributed by atoms with Gasteiger partial charge in [-0.05, 0) is 35.9 Å². The highest BCUT2D eigenvalue weighted by molar-refractivity contribution is 6.31. The smallest absolute Gasteiger partial charge is 0.258 e.